The summed E-state index contributed by atoms with van der Waals surface area (Å²) in [6, 6.07) is 4.11. The van der Waals surface area contributed by atoms with Crippen molar-refractivity contribution in [3.05, 3.63) is 34.6 Å². The van der Waals surface area contributed by atoms with Gasteiger partial charge in [0.2, 0.25) is 0 Å². The fourth-order valence-corrected chi connectivity index (χ4v) is 3.44. The highest BCUT2D eigenvalue weighted by molar-refractivity contribution is 5.86. The van der Waals surface area contributed by atoms with E-state index in [0.717, 1.165) is 19.3 Å². The standard InChI is InChI=1S/C21H29FO2/c1-7-10-24-19-12-17-16(11-15(19)14(2)18(22)13-23)20(3,4)8-9-21(17,5)6/h11-13H,7-10H2,1-6H3/b18-14+. The summed E-state index contributed by atoms with van der Waals surface area (Å²) in [5, 5.41) is 0. The SMILES string of the molecule is CCCOc1cc2c(cc1/C(C)=C(/F)C=O)C(C)(C)CCC2(C)C. The molecule has 0 aromatic heterocycles. The van der Waals surface area contributed by atoms with Gasteiger partial charge in [-0.3, -0.25) is 4.79 Å². The van der Waals surface area contributed by atoms with Gasteiger partial charge >= 0.3 is 0 Å². The second-order valence-electron chi connectivity index (χ2n) is 8.10. The maximum absolute atomic E-state index is 13.9. The molecule has 1 aromatic carbocycles. The molecule has 0 saturated carbocycles. The van der Waals surface area contributed by atoms with Crippen LogP contribution in [0.3, 0.4) is 0 Å². The van der Waals surface area contributed by atoms with E-state index in [0.29, 0.717) is 23.5 Å². The van der Waals surface area contributed by atoms with E-state index in [4.69, 9.17) is 4.74 Å². The zero-order valence-corrected chi connectivity index (χ0v) is 15.8. The predicted octanol–water partition coefficient (Wildman–Crippen LogP) is 5.72. The molecular formula is C21H29FO2. The average Bonchev–Trinajstić information content (AvgIpc) is 2.55. The van der Waals surface area contributed by atoms with Crippen molar-refractivity contribution in [2.24, 2.45) is 0 Å². The van der Waals surface area contributed by atoms with Gasteiger partial charge in [-0.2, -0.15) is 0 Å². The van der Waals surface area contributed by atoms with Gasteiger partial charge < -0.3 is 4.74 Å². The highest BCUT2D eigenvalue weighted by atomic mass is 19.1. The monoisotopic (exact) mass is 332 g/mol. The van der Waals surface area contributed by atoms with Crippen LogP contribution >= 0.6 is 0 Å². The number of carbonyl (C=O) groups is 1. The number of allylic oxidation sites excluding steroid dienone is 2. The highest BCUT2D eigenvalue weighted by Crippen LogP contribution is 2.48. The summed E-state index contributed by atoms with van der Waals surface area (Å²) in [6.07, 6.45) is 3.34. The summed E-state index contributed by atoms with van der Waals surface area (Å²) in [4.78, 5) is 10.9. The molecule has 0 N–H and O–H groups in total. The number of halogens is 1. The van der Waals surface area contributed by atoms with Crippen molar-refractivity contribution in [3.63, 3.8) is 0 Å². The minimum atomic E-state index is -0.732. The van der Waals surface area contributed by atoms with Crippen LogP contribution in [-0.4, -0.2) is 12.9 Å². The molecule has 0 unspecified atom stereocenters. The molecule has 0 radical (unpaired) electrons. The van der Waals surface area contributed by atoms with Gasteiger partial charge in [-0.05, 0) is 65.8 Å². The molecule has 0 amide bonds. The fraction of sp³-hybridized carbons (Fsp3) is 0.571. The first-order valence-electron chi connectivity index (χ1n) is 8.78. The van der Waals surface area contributed by atoms with Crippen molar-refractivity contribution in [3.8, 4) is 5.75 Å². The lowest BCUT2D eigenvalue weighted by Crippen LogP contribution is -2.34. The molecule has 2 rings (SSSR count). The summed E-state index contributed by atoms with van der Waals surface area (Å²) < 4.78 is 19.9. The summed E-state index contributed by atoms with van der Waals surface area (Å²) in [6.45, 7) is 13.2. The molecule has 3 heteroatoms. The summed E-state index contributed by atoms with van der Waals surface area (Å²) in [5.41, 5.74) is 3.63. The van der Waals surface area contributed by atoms with Gasteiger partial charge in [-0.15, -0.1) is 0 Å². The van der Waals surface area contributed by atoms with Crippen molar-refractivity contribution >= 4 is 11.9 Å². The van der Waals surface area contributed by atoms with Gasteiger partial charge in [0.1, 0.15) is 5.75 Å². The van der Waals surface area contributed by atoms with E-state index in [1.165, 1.54) is 11.1 Å². The molecule has 1 aliphatic carbocycles. The predicted molar refractivity (Wildman–Crippen MR) is 97.3 cm³/mol. The van der Waals surface area contributed by atoms with E-state index in [2.05, 4.69) is 33.8 Å². The number of fused-ring (bicyclic) bond motifs is 1. The zero-order chi connectivity index (χ0) is 18.1. The van der Waals surface area contributed by atoms with Crippen molar-refractivity contribution in [2.75, 3.05) is 6.61 Å². The molecule has 0 spiro atoms. The molecule has 24 heavy (non-hydrogen) atoms. The Morgan fingerprint density at radius 3 is 2.21 bits per heavy atom. The second-order valence-corrected chi connectivity index (χ2v) is 8.10. The molecule has 0 fully saturated rings. The second kappa shape index (κ2) is 6.70. The van der Waals surface area contributed by atoms with Crippen LogP contribution < -0.4 is 4.74 Å². The van der Waals surface area contributed by atoms with Gasteiger partial charge in [0.05, 0.1) is 6.61 Å². The lowest BCUT2D eigenvalue weighted by atomic mass is 9.62. The summed E-state index contributed by atoms with van der Waals surface area (Å²) in [7, 11) is 0. The van der Waals surface area contributed by atoms with Crippen LogP contribution in [0.25, 0.3) is 5.57 Å². The normalized spacial score (nSPS) is 19.3. The number of carbonyl (C=O) groups excluding carboxylic acids is 1. The molecule has 1 aromatic rings. The largest absolute Gasteiger partial charge is 0.493 e. The molecule has 0 saturated heterocycles. The smallest absolute Gasteiger partial charge is 0.178 e. The Kier molecular flexibility index (Phi) is 5.22. The minimum absolute atomic E-state index is 0.0286. The van der Waals surface area contributed by atoms with Gasteiger partial charge in [-0.1, -0.05) is 34.6 Å². The third kappa shape index (κ3) is 3.40. The number of hydrogen-bond donors (Lipinski definition) is 0. The highest BCUT2D eigenvalue weighted by Gasteiger charge is 2.38. The Hall–Kier alpha value is -1.64. The number of ether oxygens (including phenoxy) is 1. The molecule has 0 bridgehead atoms. The first-order chi connectivity index (χ1) is 11.1. The topological polar surface area (TPSA) is 26.3 Å². The van der Waals surface area contributed by atoms with Gasteiger partial charge in [-0.25, -0.2) is 4.39 Å². The zero-order valence-electron chi connectivity index (χ0n) is 15.8. The minimum Gasteiger partial charge on any atom is -0.493 e. The van der Waals surface area contributed by atoms with E-state index >= 15 is 0 Å². The lowest BCUT2D eigenvalue weighted by Gasteiger charge is -2.42. The molecule has 2 nitrogen and oxygen atoms in total. The van der Waals surface area contributed by atoms with Crippen molar-refractivity contribution in [1.82, 2.24) is 0 Å². The Morgan fingerprint density at radius 1 is 1.17 bits per heavy atom. The van der Waals surface area contributed by atoms with Gasteiger partial charge in [0.15, 0.2) is 12.1 Å². The number of benzene rings is 1. The molecule has 132 valence electrons. The van der Waals surface area contributed by atoms with E-state index in [-0.39, 0.29) is 17.1 Å². The Bertz CT molecular complexity index is 669. The summed E-state index contributed by atoms with van der Waals surface area (Å²) >= 11 is 0. The molecule has 1 aliphatic rings. The van der Waals surface area contributed by atoms with Crippen LogP contribution in [0.2, 0.25) is 0 Å². The Morgan fingerprint density at radius 2 is 1.71 bits per heavy atom. The fourth-order valence-electron chi connectivity index (χ4n) is 3.44. The Balaban J connectivity index is 2.73. The van der Waals surface area contributed by atoms with Crippen molar-refractivity contribution in [2.45, 2.75) is 71.6 Å². The van der Waals surface area contributed by atoms with Crippen molar-refractivity contribution in [1.29, 1.82) is 0 Å². The van der Waals surface area contributed by atoms with Crippen molar-refractivity contribution < 1.29 is 13.9 Å². The molecule has 0 aliphatic heterocycles. The molecule has 0 atom stereocenters. The average molecular weight is 332 g/mol. The molecule has 0 heterocycles. The quantitative estimate of drug-likeness (QED) is 0.509. The number of aldehydes is 1. The maximum atomic E-state index is 13.9. The third-order valence-electron chi connectivity index (χ3n) is 5.28. The van der Waals surface area contributed by atoms with E-state index in [9.17, 15) is 9.18 Å². The number of rotatable bonds is 5. The maximum Gasteiger partial charge on any atom is 0.178 e. The van der Waals surface area contributed by atoms with Crippen LogP contribution in [0.1, 0.15) is 77.5 Å². The van der Waals surface area contributed by atoms with Crippen LogP contribution in [-0.2, 0) is 15.6 Å². The number of hydrogen-bond acceptors (Lipinski definition) is 2. The first kappa shape index (κ1) is 18.7. The first-order valence-corrected chi connectivity index (χ1v) is 8.78. The summed E-state index contributed by atoms with van der Waals surface area (Å²) in [5.74, 6) is -0.0555. The lowest BCUT2D eigenvalue weighted by molar-refractivity contribution is -0.106. The molecular weight excluding hydrogens is 303 g/mol. The van der Waals surface area contributed by atoms with Gasteiger partial charge in [0, 0.05) is 5.56 Å². The van der Waals surface area contributed by atoms with E-state index in [1.807, 2.05) is 13.0 Å². The van der Waals surface area contributed by atoms with Crippen LogP contribution in [0, 0.1) is 0 Å². The third-order valence-corrected chi connectivity index (χ3v) is 5.28. The van der Waals surface area contributed by atoms with Gasteiger partial charge in [0.25, 0.3) is 0 Å². The van der Waals surface area contributed by atoms with Crippen LogP contribution in [0.4, 0.5) is 4.39 Å². The van der Waals surface area contributed by atoms with E-state index < -0.39 is 5.83 Å². The van der Waals surface area contributed by atoms with Crippen LogP contribution in [0.15, 0.2) is 18.0 Å². The Labute approximate surface area is 145 Å². The van der Waals surface area contributed by atoms with E-state index in [1.54, 1.807) is 6.92 Å². The van der Waals surface area contributed by atoms with Crippen LogP contribution in [0.5, 0.6) is 5.75 Å².